The number of nitrogens with zero attached hydrogens (tertiary/aromatic N) is 1. The molecule has 2 N–H and O–H groups in total. The first-order chi connectivity index (χ1) is 14.9. The maximum absolute atomic E-state index is 12.4. The summed E-state index contributed by atoms with van der Waals surface area (Å²) in [6, 6.07) is 14.7. The molecule has 1 heterocycles. The van der Waals surface area contributed by atoms with Gasteiger partial charge in [0, 0.05) is 23.4 Å². The molecular weight excluding hydrogens is 418 g/mol. The van der Waals surface area contributed by atoms with Gasteiger partial charge in [0.15, 0.2) is 5.82 Å². The molecule has 31 heavy (non-hydrogen) atoms. The molecule has 0 radical (unpaired) electrons. The van der Waals surface area contributed by atoms with E-state index >= 15 is 0 Å². The van der Waals surface area contributed by atoms with Crippen molar-refractivity contribution >= 4 is 33.5 Å². The highest BCUT2D eigenvalue weighted by Crippen LogP contribution is 2.20. The van der Waals surface area contributed by atoms with Gasteiger partial charge in [0.05, 0.1) is 11.5 Å². The number of hydrogen-bond acceptors (Lipinski definition) is 6. The summed E-state index contributed by atoms with van der Waals surface area (Å²) in [4.78, 5) is 12.3. The molecule has 3 rings (SSSR count). The number of benzene rings is 2. The molecule has 9 heteroatoms. The van der Waals surface area contributed by atoms with Crippen molar-refractivity contribution in [3.8, 4) is 5.75 Å². The molecule has 3 aromatic rings. The van der Waals surface area contributed by atoms with E-state index < -0.39 is 10.0 Å². The standard InChI is InChI=1S/C22H23N3O5S/c1-3-14-29-20-7-5-4-6-17(20)8-13-22(26)23-18-9-11-19(12-10-18)31(27,28)25-21-15-16(2)30-24-21/h4-13,15H,3,14H2,1-2H3,(H,23,26)(H,24,25). The summed E-state index contributed by atoms with van der Waals surface area (Å²) in [5.74, 6) is 0.946. The third-order valence-electron chi connectivity index (χ3n) is 4.09. The highest BCUT2D eigenvalue weighted by Gasteiger charge is 2.16. The first-order valence-corrected chi connectivity index (χ1v) is 11.1. The van der Waals surface area contributed by atoms with Gasteiger partial charge in [-0.3, -0.25) is 9.52 Å². The van der Waals surface area contributed by atoms with Crippen LogP contribution in [0.4, 0.5) is 11.5 Å². The highest BCUT2D eigenvalue weighted by atomic mass is 32.2. The molecule has 0 saturated carbocycles. The highest BCUT2D eigenvalue weighted by molar-refractivity contribution is 7.92. The van der Waals surface area contributed by atoms with Crippen molar-refractivity contribution < 1.29 is 22.5 Å². The number of carbonyl (C=O) groups excluding carboxylic acids is 1. The lowest BCUT2D eigenvalue weighted by atomic mass is 10.2. The number of amides is 1. The van der Waals surface area contributed by atoms with E-state index in [0.717, 1.165) is 12.0 Å². The summed E-state index contributed by atoms with van der Waals surface area (Å²) in [6.07, 6.45) is 3.95. The summed E-state index contributed by atoms with van der Waals surface area (Å²) in [6.45, 7) is 4.28. The van der Waals surface area contributed by atoms with Gasteiger partial charge in [-0.2, -0.15) is 0 Å². The number of aromatic nitrogens is 1. The Labute approximate surface area is 181 Å². The lowest BCUT2D eigenvalue weighted by Crippen LogP contribution is -2.13. The number of sulfonamides is 1. The van der Waals surface area contributed by atoms with Crippen LogP contribution in [-0.4, -0.2) is 26.1 Å². The molecular formula is C22H23N3O5S. The quantitative estimate of drug-likeness (QED) is 0.481. The summed E-state index contributed by atoms with van der Waals surface area (Å²) < 4.78 is 37.7. The second-order valence-corrected chi connectivity index (χ2v) is 8.34. The maximum atomic E-state index is 12.4. The number of nitrogens with one attached hydrogen (secondary N) is 2. The largest absolute Gasteiger partial charge is 0.493 e. The molecule has 1 amide bonds. The van der Waals surface area contributed by atoms with Crippen molar-refractivity contribution in [2.75, 3.05) is 16.6 Å². The first kappa shape index (κ1) is 22.1. The van der Waals surface area contributed by atoms with Crippen LogP contribution in [0.2, 0.25) is 0 Å². The fourth-order valence-corrected chi connectivity index (χ4v) is 3.62. The molecule has 0 bridgehead atoms. The Balaban J connectivity index is 1.63. The van der Waals surface area contributed by atoms with Gasteiger partial charge in [-0.25, -0.2) is 8.42 Å². The Bertz CT molecular complexity index is 1170. The van der Waals surface area contributed by atoms with Gasteiger partial charge in [0.2, 0.25) is 5.91 Å². The predicted octanol–water partition coefficient (Wildman–Crippen LogP) is 4.22. The zero-order valence-electron chi connectivity index (χ0n) is 17.2. The molecule has 0 atom stereocenters. The fraction of sp³-hybridized carbons (Fsp3) is 0.182. The van der Waals surface area contributed by atoms with Gasteiger partial charge < -0.3 is 14.6 Å². The van der Waals surface area contributed by atoms with Crippen LogP contribution in [0, 0.1) is 6.92 Å². The average molecular weight is 442 g/mol. The summed E-state index contributed by atoms with van der Waals surface area (Å²) in [5, 5.41) is 6.31. The molecule has 0 aliphatic rings. The third kappa shape index (κ3) is 6.19. The Morgan fingerprint density at radius 2 is 1.90 bits per heavy atom. The van der Waals surface area contributed by atoms with E-state index in [1.54, 1.807) is 13.0 Å². The van der Waals surface area contributed by atoms with E-state index in [4.69, 9.17) is 9.26 Å². The fourth-order valence-electron chi connectivity index (χ4n) is 2.64. The Hall–Kier alpha value is -3.59. The Morgan fingerprint density at radius 1 is 1.16 bits per heavy atom. The van der Waals surface area contributed by atoms with Crippen molar-refractivity contribution in [2.24, 2.45) is 0 Å². The molecule has 0 saturated heterocycles. The zero-order valence-corrected chi connectivity index (χ0v) is 18.0. The minimum absolute atomic E-state index is 0.0312. The molecule has 0 fully saturated rings. The molecule has 2 aromatic carbocycles. The summed E-state index contributed by atoms with van der Waals surface area (Å²) >= 11 is 0. The van der Waals surface area contributed by atoms with Crippen LogP contribution >= 0.6 is 0 Å². The van der Waals surface area contributed by atoms with Gasteiger partial charge in [-0.1, -0.05) is 30.3 Å². The normalized spacial score (nSPS) is 11.4. The van der Waals surface area contributed by atoms with Crippen molar-refractivity contribution in [3.05, 3.63) is 72.0 Å². The minimum Gasteiger partial charge on any atom is -0.493 e. The number of para-hydroxylation sites is 1. The van der Waals surface area contributed by atoms with Crippen molar-refractivity contribution in [1.29, 1.82) is 0 Å². The molecule has 162 valence electrons. The predicted molar refractivity (Wildman–Crippen MR) is 118 cm³/mol. The first-order valence-electron chi connectivity index (χ1n) is 9.64. The van der Waals surface area contributed by atoms with Crippen LogP contribution in [0.1, 0.15) is 24.7 Å². The molecule has 0 aliphatic heterocycles. The number of anilines is 2. The number of carbonyl (C=O) groups is 1. The number of rotatable bonds is 9. The SMILES string of the molecule is CCCOc1ccccc1C=CC(=O)Nc1ccc(S(=O)(=O)Nc2cc(C)on2)cc1. The van der Waals surface area contributed by atoms with E-state index in [1.807, 2.05) is 31.2 Å². The van der Waals surface area contributed by atoms with E-state index in [1.165, 1.54) is 36.4 Å². The lowest BCUT2D eigenvalue weighted by molar-refractivity contribution is -0.111. The molecule has 1 aromatic heterocycles. The van der Waals surface area contributed by atoms with Gasteiger partial charge in [-0.15, -0.1) is 0 Å². The van der Waals surface area contributed by atoms with Crippen LogP contribution in [0.3, 0.4) is 0 Å². The number of ether oxygens (including phenoxy) is 1. The van der Waals surface area contributed by atoms with E-state index in [2.05, 4.69) is 15.2 Å². The number of aryl methyl sites for hydroxylation is 1. The van der Waals surface area contributed by atoms with Gasteiger partial charge in [-0.05, 0) is 49.8 Å². The third-order valence-corrected chi connectivity index (χ3v) is 5.46. The van der Waals surface area contributed by atoms with E-state index in [9.17, 15) is 13.2 Å². The van der Waals surface area contributed by atoms with E-state index in [-0.39, 0.29) is 16.6 Å². The zero-order chi connectivity index (χ0) is 22.3. The van der Waals surface area contributed by atoms with Crippen LogP contribution in [-0.2, 0) is 14.8 Å². The smallest absolute Gasteiger partial charge is 0.263 e. The van der Waals surface area contributed by atoms with Crippen molar-refractivity contribution in [2.45, 2.75) is 25.2 Å². The molecule has 0 unspecified atom stereocenters. The van der Waals surface area contributed by atoms with Gasteiger partial charge in [0.1, 0.15) is 11.5 Å². The Kier molecular flexibility index (Phi) is 7.09. The van der Waals surface area contributed by atoms with Crippen LogP contribution in [0.5, 0.6) is 5.75 Å². The molecule has 8 nitrogen and oxygen atoms in total. The van der Waals surface area contributed by atoms with Gasteiger partial charge in [0.25, 0.3) is 10.0 Å². The second-order valence-electron chi connectivity index (χ2n) is 6.66. The summed E-state index contributed by atoms with van der Waals surface area (Å²) in [7, 11) is -3.82. The Morgan fingerprint density at radius 3 is 2.58 bits per heavy atom. The summed E-state index contributed by atoms with van der Waals surface area (Å²) in [5.41, 5.74) is 1.25. The monoisotopic (exact) mass is 441 g/mol. The molecule has 0 aliphatic carbocycles. The topological polar surface area (TPSA) is 111 Å². The van der Waals surface area contributed by atoms with Crippen molar-refractivity contribution in [1.82, 2.24) is 5.16 Å². The van der Waals surface area contributed by atoms with E-state index in [0.29, 0.717) is 23.8 Å². The number of hydrogen-bond donors (Lipinski definition) is 2. The van der Waals surface area contributed by atoms with Crippen LogP contribution < -0.4 is 14.8 Å². The van der Waals surface area contributed by atoms with Gasteiger partial charge >= 0.3 is 0 Å². The average Bonchev–Trinajstić information content (AvgIpc) is 3.15. The van der Waals surface area contributed by atoms with Crippen LogP contribution in [0.15, 0.2) is 70.1 Å². The van der Waals surface area contributed by atoms with Crippen LogP contribution in [0.25, 0.3) is 6.08 Å². The van der Waals surface area contributed by atoms with Crippen molar-refractivity contribution in [3.63, 3.8) is 0 Å². The lowest BCUT2D eigenvalue weighted by Gasteiger charge is -2.08. The maximum Gasteiger partial charge on any atom is 0.263 e. The molecule has 0 spiro atoms. The minimum atomic E-state index is -3.82. The second kappa shape index (κ2) is 9.94.